The lowest BCUT2D eigenvalue weighted by Crippen LogP contribution is -2.04. The molecule has 0 amide bonds. The second-order valence-corrected chi connectivity index (χ2v) is 4.09. The molecule has 82 valence electrons. The second kappa shape index (κ2) is 3.92. The van der Waals surface area contributed by atoms with E-state index >= 15 is 0 Å². The molecule has 1 saturated carbocycles. The van der Waals surface area contributed by atoms with Gasteiger partial charge in [-0.25, -0.2) is 4.79 Å². The summed E-state index contributed by atoms with van der Waals surface area (Å²) in [4.78, 5) is 10.7. The minimum absolute atomic E-state index is 0.0404. The molecule has 1 aromatic rings. The van der Waals surface area contributed by atoms with Crippen LogP contribution >= 0.6 is 0 Å². The Bertz CT molecular complexity index is 369. The van der Waals surface area contributed by atoms with Crippen LogP contribution in [0.3, 0.4) is 0 Å². The SMILES string of the molecule is Nc1cn(CCCC2CC2)nc1C(=O)O. The van der Waals surface area contributed by atoms with Gasteiger partial charge in [-0.2, -0.15) is 5.10 Å². The quantitative estimate of drug-likeness (QED) is 0.767. The normalized spacial score (nSPS) is 15.5. The lowest BCUT2D eigenvalue weighted by atomic mass is 10.2. The van der Waals surface area contributed by atoms with Crippen LogP contribution in [0.1, 0.15) is 36.2 Å². The van der Waals surface area contributed by atoms with E-state index in [1.54, 1.807) is 10.9 Å². The molecule has 0 radical (unpaired) electrons. The van der Waals surface area contributed by atoms with E-state index in [4.69, 9.17) is 10.8 Å². The number of nitrogens with two attached hydrogens (primary N) is 1. The van der Waals surface area contributed by atoms with Crippen molar-refractivity contribution >= 4 is 11.7 Å². The molecule has 0 saturated heterocycles. The predicted molar refractivity (Wildman–Crippen MR) is 55.6 cm³/mol. The molecule has 1 aromatic heterocycles. The molecular formula is C10H15N3O2. The lowest BCUT2D eigenvalue weighted by molar-refractivity contribution is 0.0690. The highest BCUT2D eigenvalue weighted by Gasteiger charge is 2.20. The molecule has 0 aromatic carbocycles. The first-order chi connectivity index (χ1) is 7.16. The Balaban J connectivity index is 1.89. The topological polar surface area (TPSA) is 81.1 Å². The third-order valence-corrected chi connectivity index (χ3v) is 2.69. The Labute approximate surface area is 87.9 Å². The molecule has 5 heteroatoms. The molecule has 1 aliphatic carbocycles. The number of nitrogens with zero attached hydrogens (tertiary/aromatic N) is 2. The molecule has 3 N–H and O–H groups in total. The molecule has 0 spiro atoms. The molecular weight excluding hydrogens is 194 g/mol. The van der Waals surface area contributed by atoms with Crippen molar-refractivity contribution in [3.05, 3.63) is 11.9 Å². The van der Waals surface area contributed by atoms with Crippen LogP contribution in [0.15, 0.2) is 6.20 Å². The van der Waals surface area contributed by atoms with E-state index in [9.17, 15) is 4.79 Å². The average molecular weight is 209 g/mol. The van der Waals surface area contributed by atoms with Crippen LogP contribution in [0, 0.1) is 5.92 Å². The summed E-state index contributed by atoms with van der Waals surface area (Å²) in [5, 5.41) is 12.7. The van der Waals surface area contributed by atoms with E-state index in [2.05, 4.69) is 5.10 Å². The van der Waals surface area contributed by atoms with Crippen LogP contribution in [0.2, 0.25) is 0 Å². The van der Waals surface area contributed by atoms with Gasteiger partial charge in [0.25, 0.3) is 0 Å². The number of carbonyl (C=O) groups is 1. The van der Waals surface area contributed by atoms with Gasteiger partial charge in [0.2, 0.25) is 0 Å². The fourth-order valence-corrected chi connectivity index (χ4v) is 1.67. The second-order valence-electron chi connectivity index (χ2n) is 4.09. The summed E-state index contributed by atoms with van der Waals surface area (Å²) >= 11 is 0. The third kappa shape index (κ3) is 2.49. The van der Waals surface area contributed by atoms with Crippen LogP contribution in [-0.4, -0.2) is 20.9 Å². The van der Waals surface area contributed by atoms with Crippen LogP contribution in [-0.2, 0) is 6.54 Å². The summed E-state index contributed by atoms with van der Waals surface area (Å²) in [5.74, 6) is -0.162. The molecule has 1 fully saturated rings. The van der Waals surface area contributed by atoms with Gasteiger partial charge < -0.3 is 10.8 Å². The maximum atomic E-state index is 10.7. The van der Waals surface area contributed by atoms with E-state index in [1.165, 1.54) is 19.3 Å². The molecule has 0 bridgehead atoms. The number of anilines is 1. The zero-order valence-corrected chi connectivity index (χ0v) is 8.52. The maximum absolute atomic E-state index is 10.7. The van der Waals surface area contributed by atoms with Crippen LogP contribution in [0.5, 0.6) is 0 Å². The summed E-state index contributed by atoms with van der Waals surface area (Å²) in [6.07, 6.45) is 6.55. The van der Waals surface area contributed by atoms with Crippen molar-refractivity contribution < 1.29 is 9.90 Å². The van der Waals surface area contributed by atoms with Crippen molar-refractivity contribution in [1.29, 1.82) is 0 Å². The van der Waals surface area contributed by atoms with E-state index in [-0.39, 0.29) is 11.4 Å². The van der Waals surface area contributed by atoms with Crippen molar-refractivity contribution in [3.63, 3.8) is 0 Å². The number of carboxylic acid groups (broad SMARTS) is 1. The van der Waals surface area contributed by atoms with Gasteiger partial charge in [-0.15, -0.1) is 0 Å². The Morgan fingerprint density at radius 3 is 2.93 bits per heavy atom. The molecule has 15 heavy (non-hydrogen) atoms. The summed E-state index contributed by atoms with van der Waals surface area (Å²) in [6, 6.07) is 0. The van der Waals surface area contributed by atoms with E-state index in [1.807, 2.05) is 0 Å². The van der Waals surface area contributed by atoms with E-state index in [0.29, 0.717) is 0 Å². The number of carboxylic acids is 1. The van der Waals surface area contributed by atoms with Crippen molar-refractivity contribution in [2.75, 3.05) is 5.73 Å². The van der Waals surface area contributed by atoms with Gasteiger partial charge >= 0.3 is 5.97 Å². The minimum Gasteiger partial charge on any atom is -0.476 e. The fraction of sp³-hybridized carbons (Fsp3) is 0.600. The molecule has 1 aliphatic rings. The summed E-state index contributed by atoms with van der Waals surface area (Å²) < 4.78 is 1.63. The van der Waals surface area contributed by atoms with E-state index < -0.39 is 5.97 Å². The monoisotopic (exact) mass is 209 g/mol. The number of aromatic nitrogens is 2. The lowest BCUT2D eigenvalue weighted by Gasteiger charge is -1.99. The van der Waals surface area contributed by atoms with Crippen molar-refractivity contribution in [2.24, 2.45) is 5.92 Å². The highest BCUT2D eigenvalue weighted by atomic mass is 16.4. The van der Waals surface area contributed by atoms with E-state index in [0.717, 1.165) is 18.9 Å². The van der Waals surface area contributed by atoms with Crippen LogP contribution in [0.25, 0.3) is 0 Å². The Hall–Kier alpha value is -1.52. The summed E-state index contributed by atoms with van der Waals surface area (Å²) in [7, 11) is 0. The van der Waals surface area contributed by atoms with Crippen molar-refractivity contribution in [2.45, 2.75) is 32.2 Å². The maximum Gasteiger partial charge on any atom is 0.358 e. The minimum atomic E-state index is -1.06. The van der Waals surface area contributed by atoms with Gasteiger partial charge in [0, 0.05) is 12.7 Å². The predicted octanol–water partition coefficient (Wildman–Crippen LogP) is 1.35. The summed E-state index contributed by atoms with van der Waals surface area (Å²) in [6.45, 7) is 0.758. The number of aromatic carboxylic acids is 1. The molecule has 1 heterocycles. The largest absolute Gasteiger partial charge is 0.476 e. The van der Waals surface area contributed by atoms with Crippen molar-refractivity contribution in [3.8, 4) is 0 Å². The smallest absolute Gasteiger partial charge is 0.358 e. The van der Waals surface area contributed by atoms with Gasteiger partial charge in [-0.3, -0.25) is 4.68 Å². The molecule has 0 aliphatic heterocycles. The summed E-state index contributed by atoms with van der Waals surface area (Å²) in [5.41, 5.74) is 5.73. The number of nitrogen functional groups attached to an aromatic ring is 1. The highest BCUT2D eigenvalue weighted by molar-refractivity contribution is 5.91. The van der Waals surface area contributed by atoms with Gasteiger partial charge in [0.1, 0.15) is 0 Å². The highest BCUT2D eigenvalue weighted by Crippen LogP contribution is 2.33. The molecule has 5 nitrogen and oxygen atoms in total. The molecule has 0 atom stereocenters. The van der Waals surface area contributed by atoms with Crippen LogP contribution in [0.4, 0.5) is 5.69 Å². The Morgan fingerprint density at radius 2 is 2.40 bits per heavy atom. The first-order valence-corrected chi connectivity index (χ1v) is 5.23. The first-order valence-electron chi connectivity index (χ1n) is 5.23. The zero-order chi connectivity index (χ0) is 10.8. The average Bonchev–Trinajstić information content (AvgIpc) is 2.90. The number of aryl methyl sites for hydroxylation is 1. The van der Waals surface area contributed by atoms with Gasteiger partial charge in [-0.05, 0) is 18.8 Å². The van der Waals surface area contributed by atoms with Crippen LogP contribution < -0.4 is 5.73 Å². The van der Waals surface area contributed by atoms with Crippen molar-refractivity contribution in [1.82, 2.24) is 9.78 Å². The van der Waals surface area contributed by atoms with Gasteiger partial charge in [-0.1, -0.05) is 12.8 Å². The Morgan fingerprint density at radius 1 is 1.67 bits per heavy atom. The van der Waals surface area contributed by atoms with Gasteiger partial charge in [0.05, 0.1) is 5.69 Å². The Kier molecular flexibility index (Phi) is 2.62. The fourth-order valence-electron chi connectivity index (χ4n) is 1.67. The number of rotatable bonds is 5. The third-order valence-electron chi connectivity index (χ3n) is 2.69. The first kappa shape index (κ1) is 10.0. The molecule has 0 unspecified atom stereocenters. The molecule has 2 rings (SSSR count). The standard InChI is InChI=1S/C10H15N3O2/c11-8-6-13(12-9(8)10(14)15)5-1-2-7-3-4-7/h6-7H,1-5,11H2,(H,14,15). The number of hydrogen-bond donors (Lipinski definition) is 2. The zero-order valence-electron chi connectivity index (χ0n) is 8.52. The number of hydrogen-bond acceptors (Lipinski definition) is 3. The van der Waals surface area contributed by atoms with Gasteiger partial charge in [0.15, 0.2) is 5.69 Å².